The highest BCUT2D eigenvalue weighted by Gasteiger charge is 2.09. The fourth-order valence-corrected chi connectivity index (χ4v) is 2.07. The Balaban J connectivity index is 2.59. The number of nitriles is 1. The van der Waals surface area contributed by atoms with E-state index >= 15 is 0 Å². The fourth-order valence-electron chi connectivity index (χ4n) is 1.18. The minimum Gasteiger partial charge on any atom is -0.295 e. The Morgan fingerprint density at radius 2 is 2.15 bits per heavy atom. The Hall–Kier alpha value is -0.850. The van der Waals surface area contributed by atoms with Gasteiger partial charge in [-0.15, -0.1) is 11.3 Å². The van der Waals surface area contributed by atoms with Crippen molar-refractivity contribution in [3.63, 3.8) is 0 Å². The Labute approximate surface area is 83.2 Å². The van der Waals surface area contributed by atoms with Gasteiger partial charge in [-0.05, 0) is 32.9 Å². The van der Waals surface area contributed by atoms with Gasteiger partial charge in [-0.1, -0.05) is 0 Å². The van der Waals surface area contributed by atoms with Gasteiger partial charge < -0.3 is 0 Å². The third kappa shape index (κ3) is 2.83. The standard InChI is InChI=1S/C10H14N2S/c1-7(6-11)12-9(3)10-5-4-8(2)13-10/h4-5,7,9,12H,1-3H3. The van der Waals surface area contributed by atoms with E-state index in [1.54, 1.807) is 11.3 Å². The molecule has 0 aliphatic carbocycles. The van der Waals surface area contributed by atoms with Gasteiger partial charge in [0.15, 0.2) is 0 Å². The lowest BCUT2D eigenvalue weighted by Gasteiger charge is -2.13. The molecule has 1 heterocycles. The van der Waals surface area contributed by atoms with Gasteiger partial charge in [-0.3, -0.25) is 5.32 Å². The molecule has 13 heavy (non-hydrogen) atoms. The average Bonchev–Trinajstić information content (AvgIpc) is 2.51. The van der Waals surface area contributed by atoms with E-state index in [9.17, 15) is 0 Å². The molecule has 0 fully saturated rings. The summed E-state index contributed by atoms with van der Waals surface area (Å²) >= 11 is 1.78. The molecule has 0 saturated heterocycles. The molecule has 1 N–H and O–H groups in total. The van der Waals surface area contributed by atoms with Crippen molar-refractivity contribution in [3.05, 3.63) is 21.9 Å². The zero-order valence-electron chi connectivity index (χ0n) is 8.16. The number of hydrogen-bond donors (Lipinski definition) is 1. The molecular formula is C10H14N2S. The van der Waals surface area contributed by atoms with Gasteiger partial charge >= 0.3 is 0 Å². The van der Waals surface area contributed by atoms with E-state index in [2.05, 4.69) is 37.4 Å². The third-order valence-corrected chi connectivity index (χ3v) is 3.06. The minimum absolute atomic E-state index is 0.0857. The number of rotatable bonds is 3. The Morgan fingerprint density at radius 3 is 2.62 bits per heavy atom. The van der Waals surface area contributed by atoms with E-state index < -0.39 is 0 Å². The summed E-state index contributed by atoms with van der Waals surface area (Å²) in [7, 11) is 0. The first kappa shape index (κ1) is 10.2. The molecular weight excluding hydrogens is 180 g/mol. The third-order valence-electron chi connectivity index (χ3n) is 1.88. The zero-order valence-corrected chi connectivity index (χ0v) is 8.98. The fraction of sp³-hybridized carbons (Fsp3) is 0.500. The van der Waals surface area contributed by atoms with Crippen LogP contribution < -0.4 is 5.32 Å². The number of nitrogens with one attached hydrogen (secondary N) is 1. The maximum atomic E-state index is 8.63. The first-order valence-electron chi connectivity index (χ1n) is 4.35. The molecule has 2 unspecified atom stereocenters. The quantitative estimate of drug-likeness (QED) is 0.803. The lowest BCUT2D eigenvalue weighted by Crippen LogP contribution is -2.26. The lowest BCUT2D eigenvalue weighted by molar-refractivity contribution is 0.550. The monoisotopic (exact) mass is 194 g/mol. The van der Waals surface area contributed by atoms with E-state index in [-0.39, 0.29) is 12.1 Å². The maximum absolute atomic E-state index is 8.63. The van der Waals surface area contributed by atoms with Crippen LogP contribution in [0.4, 0.5) is 0 Å². The molecule has 0 spiro atoms. The van der Waals surface area contributed by atoms with E-state index in [0.717, 1.165) is 0 Å². The van der Waals surface area contributed by atoms with Crippen LogP contribution in [-0.4, -0.2) is 6.04 Å². The summed E-state index contributed by atoms with van der Waals surface area (Å²) in [5.74, 6) is 0. The molecule has 0 radical (unpaired) electrons. The second-order valence-electron chi connectivity index (χ2n) is 3.19. The highest BCUT2D eigenvalue weighted by Crippen LogP contribution is 2.22. The van der Waals surface area contributed by atoms with Crippen LogP contribution in [0.2, 0.25) is 0 Å². The van der Waals surface area contributed by atoms with Crippen molar-refractivity contribution in [3.8, 4) is 6.07 Å². The summed E-state index contributed by atoms with van der Waals surface area (Å²) in [4.78, 5) is 2.60. The highest BCUT2D eigenvalue weighted by atomic mass is 32.1. The summed E-state index contributed by atoms with van der Waals surface area (Å²) in [5.41, 5.74) is 0. The van der Waals surface area contributed by atoms with Crippen LogP contribution in [-0.2, 0) is 0 Å². The van der Waals surface area contributed by atoms with Crippen molar-refractivity contribution in [1.29, 1.82) is 5.26 Å². The van der Waals surface area contributed by atoms with E-state index in [1.807, 2.05) is 6.92 Å². The molecule has 1 rings (SSSR count). The average molecular weight is 194 g/mol. The molecule has 0 saturated carbocycles. The van der Waals surface area contributed by atoms with Crippen LogP contribution in [0.1, 0.15) is 29.6 Å². The molecule has 3 heteroatoms. The van der Waals surface area contributed by atoms with Crippen LogP contribution in [0.25, 0.3) is 0 Å². The summed E-state index contributed by atoms with van der Waals surface area (Å²) in [6.45, 7) is 6.05. The Bertz CT molecular complexity index is 311. The van der Waals surface area contributed by atoms with Gasteiger partial charge in [0, 0.05) is 15.8 Å². The topological polar surface area (TPSA) is 35.8 Å². The molecule has 70 valence electrons. The lowest BCUT2D eigenvalue weighted by atomic mass is 10.2. The smallest absolute Gasteiger partial charge is 0.0929 e. The summed E-state index contributed by atoms with van der Waals surface area (Å²) in [6, 6.07) is 6.57. The van der Waals surface area contributed by atoms with Crippen LogP contribution in [0.5, 0.6) is 0 Å². The van der Waals surface area contributed by atoms with Crippen molar-refractivity contribution in [2.24, 2.45) is 0 Å². The van der Waals surface area contributed by atoms with Crippen molar-refractivity contribution in [2.45, 2.75) is 32.9 Å². The van der Waals surface area contributed by atoms with Crippen LogP contribution >= 0.6 is 11.3 Å². The number of thiophene rings is 1. The van der Waals surface area contributed by atoms with Crippen LogP contribution in [0.15, 0.2) is 12.1 Å². The molecule has 1 aromatic rings. The maximum Gasteiger partial charge on any atom is 0.0929 e. The van der Waals surface area contributed by atoms with E-state index in [0.29, 0.717) is 0 Å². The molecule has 1 aromatic heterocycles. The Kier molecular flexibility index (Phi) is 3.47. The van der Waals surface area contributed by atoms with Crippen molar-refractivity contribution >= 4 is 11.3 Å². The minimum atomic E-state index is -0.0857. The summed E-state index contributed by atoms with van der Waals surface area (Å²) < 4.78 is 0. The largest absolute Gasteiger partial charge is 0.295 e. The van der Waals surface area contributed by atoms with Gasteiger partial charge in [-0.25, -0.2) is 0 Å². The first-order chi connectivity index (χ1) is 6.13. The summed E-state index contributed by atoms with van der Waals surface area (Å²) in [5, 5.41) is 11.8. The molecule has 0 aliphatic heterocycles. The van der Waals surface area contributed by atoms with Crippen molar-refractivity contribution < 1.29 is 0 Å². The van der Waals surface area contributed by atoms with E-state index in [1.165, 1.54) is 9.75 Å². The van der Waals surface area contributed by atoms with Crippen LogP contribution in [0, 0.1) is 18.3 Å². The predicted molar refractivity (Wildman–Crippen MR) is 55.7 cm³/mol. The van der Waals surface area contributed by atoms with Crippen LogP contribution in [0.3, 0.4) is 0 Å². The zero-order chi connectivity index (χ0) is 9.84. The SMILES string of the molecule is Cc1ccc(C(C)NC(C)C#N)s1. The summed E-state index contributed by atoms with van der Waals surface area (Å²) in [6.07, 6.45) is 0. The predicted octanol–water partition coefficient (Wildman–Crippen LogP) is 2.62. The number of aryl methyl sites for hydroxylation is 1. The highest BCUT2D eigenvalue weighted by molar-refractivity contribution is 7.12. The second kappa shape index (κ2) is 4.40. The normalized spacial score (nSPS) is 14.9. The van der Waals surface area contributed by atoms with Gasteiger partial charge in [-0.2, -0.15) is 5.26 Å². The number of nitrogens with zero attached hydrogens (tertiary/aromatic N) is 1. The molecule has 0 bridgehead atoms. The molecule has 0 aliphatic rings. The van der Waals surface area contributed by atoms with Gasteiger partial charge in [0.2, 0.25) is 0 Å². The second-order valence-corrected chi connectivity index (χ2v) is 4.51. The van der Waals surface area contributed by atoms with Gasteiger partial charge in [0.25, 0.3) is 0 Å². The molecule has 0 amide bonds. The van der Waals surface area contributed by atoms with Crippen molar-refractivity contribution in [2.75, 3.05) is 0 Å². The van der Waals surface area contributed by atoms with Crippen molar-refractivity contribution in [1.82, 2.24) is 5.32 Å². The molecule has 2 nitrogen and oxygen atoms in total. The molecule has 0 aromatic carbocycles. The molecule has 2 atom stereocenters. The number of hydrogen-bond acceptors (Lipinski definition) is 3. The first-order valence-corrected chi connectivity index (χ1v) is 5.17. The van der Waals surface area contributed by atoms with Gasteiger partial charge in [0.1, 0.15) is 0 Å². The van der Waals surface area contributed by atoms with E-state index in [4.69, 9.17) is 5.26 Å². The Morgan fingerprint density at radius 1 is 1.46 bits per heavy atom. The van der Waals surface area contributed by atoms with Gasteiger partial charge in [0.05, 0.1) is 12.1 Å².